The fraction of sp³-hybridized carbons (Fsp3) is 0.500. The van der Waals surface area contributed by atoms with Crippen LogP contribution in [0.2, 0.25) is 0 Å². The van der Waals surface area contributed by atoms with Crippen LogP contribution >= 0.6 is 11.8 Å². The summed E-state index contributed by atoms with van der Waals surface area (Å²) in [5.41, 5.74) is 1.98. The highest BCUT2D eigenvalue weighted by Gasteiger charge is 2.27. The highest BCUT2D eigenvalue weighted by Crippen LogP contribution is 2.33. The van der Waals surface area contributed by atoms with E-state index in [-0.39, 0.29) is 5.92 Å². The predicted molar refractivity (Wildman–Crippen MR) is 62.0 cm³/mol. The summed E-state index contributed by atoms with van der Waals surface area (Å²) < 4.78 is 36.5. The molecule has 0 aliphatic rings. The molecule has 0 nitrogen and oxygen atoms in total. The van der Waals surface area contributed by atoms with Gasteiger partial charge >= 0.3 is 6.18 Å². The first-order valence-electron chi connectivity index (χ1n) is 5.09. The van der Waals surface area contributed by atoms with Crippen molar-refractivity contribution in [2.45, 2.75) is 37.8 Å². The molecule has 4 heteroatoms. The zero-order valence-electron chi connectivity index (χ0n) is 9.56. The first-order chi connectivity index (χ1) is 7.29. The van der Waals surface area contributed by atoms with Gasteiger partial charge in [0.25, 0.3) is 0 Å². The molecule has 0 amide bonds. The summed E-state index contributed by atoms with van der Waals surface area (Å²) in [5.74, 6) is -0.577. The number of hydrogen-bond donors (Lipinski definition) is 0. The van der Waals surface area contributed by atoms with Gasteiger partial charge in [-0.2, -0.15) is 13.2 Å². The van der Waals surface area contributed by atoms with Crippen molar-refractivity contribution in [1.82, 2.24) is 0 Å². The summed E-state index contributed by atoms with van der Waals surface area (Å²) >= 11 is 0.871. The van der Waals surface area contributed by atoms with E-state index in [1.165, 1.54) is 0 Å². The van der Waals surface area contributed by atoms with Gasteiger partial charge in [-0.05, 0) is 24.5 Å². The van der Waals surface area contributed by atoms with E-state index >= 15 is 0 Å². The number of benzene rings is 1. The Hall–Kier alpha value is -0.640. The summed E-state index contributed by atoms with van der Waals surface area (Å²) in [6.07, 6.45) is -4.11. The number of alkyl halides is 3. The van der Waals surface area contributed by atoms with Crippen LogP contribution in [-0.2, 0) is 0 Å². The Balaban J connectivity index is 2.88. The molecule has 1 aromatic carbocycles. The summed E-state index contributed by atoms with van der Waals surface area (Å²) in [6.45, 7) is 5.87. The van der Waals surface area contributed by atoms with Gasteiger partial charge in [-0.15, -0.1) is 11.8 Å². The molecule has 1 rings (SSSR count). The minimum absolute atomic E-state index is 0.247. The normalized spacial score (nSPS) is 12.2. The first kappa shape index (κ1) is 13.4. The molecule has 0 aliphatic carbocycles. The van der Waals surface area contributed by atoms with E-state index in [2.05, 4.69) is 0 Å². The van der Waals surface area contributed by atoms with Gasteiger partial charge in [0.1, 0.15) is 0 Å². The number of hydrogen-bond acceptors (Lipinski definition) is 1. The van der Waals surface area contributed by atoms with E-state index in [0.29, 0.717) is 0 Å². The third-order valence-electron chi connectivity index (χ3n) is 2.18. The van der Waals surface area contributed by atoms with E-state index in [1.807, 2.05) is 39.0 Å². The quantitative estimate of drug-likeness (QED) is 0.694. The molecule has 1 aromatic rings. The predicted octanol–water partition coefficient (Wildman–Crippen LogP) is 4.77. The van der Waals surface area contributed by atoms with Gasteiger partial charge < -0.3 is 0 Å². The molecule has 0 aromatic heterocycles. The molecular formula is C12H15F3S. The number of rotatable bonds is 3. The van der Waals surface area contributed by atoms with Crippen molar-refractivity contribution in [2.24, 2.45) is 0 Å². The Kier molecular flexibility index (Phi) is 4.30. The maximum Gasteiger partial charge on any atom is 0.398 e. The number of thioether (sulfide) groups is 1. The molecule has 16 heavy (non-hydrogen) atoms. The summed E-state index contributed by atoms with van der Waals surface area (Å²) in [4.78, 5) is 0.743. The zero-order chi connectivity index (χ0) is 12.3. The molecule has 0 unspecified atom stereocenters. The first-order valence-corrected chi connectivity index (χ1v) is 6.08. The van der Waals surface area contributed by atoms with E-state index < -0.39 is 11.9 Å². The van der Waals surface area contributed by atoms with Crippen LogP contribution in [0.4, 0.5) is 13.2 Å². The molecule has 0 N–H and O–H groups in total. The number of halogens is 3. The average Bonchev–Trinajstić information content (AvgIpc) is 2.13. The third kappa shape index (κ3) is 4.08. The lowest BCUT2D eigenvalue weighted by Crippen LogP contribution is -2.11. The van der Waals surface area contributed by atoms with Crippen LogP contribution < -0.4 is 0 Å². The highest BCUT2D eigenvalue weighted by atomic mass is 32.2. The Morgan fingerprint density at radius 2 is 1.88 bits per heavy atom. The topological polar surface area (TPSA) is 0 Å². The highest BCUT2D eigenvalue weighted by molar-refractivity contribution is 7.99. The van der Waals surface area contributed by atoms with Gasteiger partial charge in [-0.1, -0.05) is 31.5 Å². The van der Waals surface area contributed by atoms with E-state index in [0.717, 1.165) is 27.8 Å². The molecule has 90 valence electrons. The fourth-order valence-corrected chi connectivity index (χ4v) is 2.46. The van der Waals surface area contributed by atoms with Crippen molar-refractivity contribution in [2.75, 3.05) is 5.75 Å². The van der Waals surface area contributed by atoms with Crippen LogP contribution in [0.25, 0.3) is 0 Å². The Morgan fingerprint density at radius 3 is 2.38 bits per heavy atom. The fourth-order valence-electron chi connectivity index (χ4n) is 1.40. The van der Waals surface area contributed by atoms with Crippen LogP contribution in [-0.4, -0.2) is 11.9 Å². The van der Waals surface area contributed by atoms with Gasteiger partial charge in [0.05, 0.1) is 5.75 Å². The minimum Gasteiger partial charge on any atom is -0.170 e. The molecule has 0 spiro atoms. The Labute approximate surface area is 98.2 Å². The van der Waals surface area contributed by atoms with Crippen molar-refractivity contribution in [1.29, 1.82) is 0 Å². The van der Waals surface area contributed by atoms with Crippen molar-refractivity contribution < 1.29 is 13.2 Å². The summed E-state index contributed by atoms with van der Waals surface area (Å²) in [5, 5.41) is 0. The second-order valence-corrected chi connectivity index (χ2v) is 5.12. The molecule has 0 atom stereocenters. The van der Waals surface area contributed by atoms with E-state index in [9.17, 15) is 13.2 Å². The van der Waals surface area contributed by atoms with Crippen molar-refractivity contribution >= 4 is 11.8 Å². The van der Waals surface area contributed by atoms with Crippen LogP contribution in [0.1, 0.15) is 30.9 Å². The van der Waals surface area contributed by atoms with E-state index in [4.69, 9.17) is 0 Å². The van der Waals surface area contributed by atoms with Crippen molar-refractivity contribution in [3.05, 3.63) is 29.3 Å². The van der Waals surface area contributed by atoms with Crippen LogP contribution in [0.5, 0.6) is 0 Å². The van der Waals surface area contributed by atoms with Gasteiger partial charge in [0.15, 0.2) is 0 Å². The molecule has 0 saturated heterocycles. The smallest absolute Gasteiger partial charge is 0.170 e. The largest absolute Gasteiger partial charge is 0.398 e. The maximum atomic E-state index is 12.2. The average molecular weight is 248 g/mol. The Morgan fingerprint density at radius 1 is 1.25 bits per heavy atom. The molecule has 0 radical (unpaired) electrons. The molecular weight excluding hydrogens is 233 g/mol. The maximum absolute atomic E-state index is 12.2. The van der Waals surface area contributed by atoms with Crippen LogP contribution in [0, 0.1) is 6.92 Å². The molecule has 0 fully saturated rings. The zero-order valence-corrected chi connectivity index (χ0v) is 10.4. The summed E-state index contributed by atoms with van der Waals surface area (Å²) in [6, 6.07) is 5.68. The summed E-state index contributed by atoms with van der Waals surface area (Å²) in [7, 11) is 0. The van der Waals surface area contributed by atoms with Crippen molar-refractivity contribution in [3.8, 4) is 0 Å². The van der Waals surface area contributed by atoms with Gasteiger partial charge in [0, 0.05) is 4.90 Å². The van der Waals surface area contributed by atoms with Gasteiger partial charge in [-0.25, -0.2) is 0 Å². The third-order valence-corrected chi connectivity index (χ3v) is 3.32. The van der Waals surface area contributed by atoms with Crippen LogP contribution in [0.15, 0.2) is 23.1 Å². The van der Waals surface area contributed by atoms with Gasteiger partial charge in [0.2, 0.25) is 0 Å². The minimum atomic E-state index is -4.11. The van der Waals surface area contributed by atoms with Crippen molar-refractivity contribution in [3.63, 3.8) is 0 Å². The second kappa shape index (κ2) is 5.13. The monoisotopic (exact) mass is 248 g/mol. The SMILES string of the molecule is Cc1ccc(C(C)C)c(SCC(F)(F)F)c1. The Bertz CT molecular complexity index is 356. The lowest BCUT2D eigenvalue weighted by molar-refractivity contribution is -0.105. The molecule has 0 bridgehead atoms. The standard InChI is InChI=1S/C12H15F3S/c1-8(2)10-5-4-9(3)6-11(10)16-7-12(13,14)15/h4-6,8H,7H2,1-3H3. The van der Waals surface area contributed by atoms with Crippen LogP contribution in [0.3, 0.4) is 0 Å². The lowest BCUT2D eigenvalue weighted by atomic mass is 10.0. The lowest BCUT2D eigenvalue weighted by Gasteiger charge is -2.14. The molecule has 0 heterocycles. The molecule has 0 saturated carbocycles. The number of aryl methyl sites for hydroxylation is 1. The molecule has 0 aliphatic heterocycles. The second-order valence-electron chi connectivity index (χ2n) is 4.10. The van der Waals surface area contributed by atoms with Gasteiger partial charge in [-0.3, -0.25) is 0 Å². The van der Waals surface area contributed by atoms with E-state index in [1.54, 1.807) is 0 Å².